The molecule has 0 bridgehead atoms. The molecule has 3 nitrogen and oxygen atoms in total. The molecule has 0 radical (unpaired) electrons. The first-order valence-corrected chi connectivity index (χ1v) is 6.37. The van der Waals surface area contributed by atoms with Crippen molar-refractivity contribution < 1.29 is 4.42 Å². The molecule has 1 N–H and O–H groups in total. The van der Waals surface area contributed by atoms with Gasteiger partial charge in [-0.05, 0) is 43.8 Å². The van der Waals surface area contributed by atoms with Gasteiger partial charge in [0.05, 0.1) is 0 Å². The highest BCUT2D eigenvalue weighted by atomic mass is 16.3. The molecule has 0 amide bonds. The Kier molecular flexibility index (Phi) is 3.05. The zero-order chi connectivity index (χ0) is 13.2. The number of oxazole rings is 1. The van der Waals surface area contributed by atoms with E-state index in [4.69, 9.17) is 4.42 Å². The Morgan fingerprint density at radius 1 is 1.11 bits per heavy atom. The highest BCUT2D eigenvalue weighted by Gasteiger charge is 2.08. The Morgan fingerprint density at radius 3 is 2.63 bits per heavy atom. The fourth-order valence-corrected chi connectivity index (χ4v) is 2.11. The van der Waals surface area contributed by atoms with Crippen LogP contribution in [0.2, 0.25) is 0 Å². The lowest BCUT2D eigenvalue weighted by Gasteiger charge is -1.97. The number of aryl methyl sites for hydroxylation is 1. The Bertz CT molecular complexity index is 698. The number of aromatic nitrogens is 1. The van der Waals surface area contributed by atoms with Crippen LogP contribution in [-0.2, 0) is 6.54 Å². The molecule has 1 heterocycles. The van der Waals surface area contributed by atoms with Gasteiger partial charge >= 0.3 is 0 Å². The number of hydrogen-bond donors (Lipinski definition) is 1. The van der Waals surface area contributed by atoms with Crippen molar-refractivity contribution in [3.8, 4) is 11.5 Å². The summed E-state index contributed by atoms with van der Waals surface area (Å²) in [6.07, 6.45) is 0. The summed E-state index contributed by atoms with van der Waals surface area (Å²) in [5.74, 6) is 0.677. The smallest absolute Gasteiger partial charge is 0.227 e. The van der Waals surface area contributed by atoms with E-state index in [0.29, 0.717) is 5.89 Å². The van der Waals surface area contributed by atoms with Crippen LogP contribution in [0.5, 0.6) is 0 Å². The number of fused-ring (bicyclic) bond motifs is 1. The summed E-state index contributed by atoms with van der Waals surface area (Å²) >= 11 is 0. The fraction of sp³-hybridized carbons (Fsp3) is 0.188. The molecular formula is C16H16N2O. The molecule has 0 unspecified atom stereocenters. The summed E-state index contributed by atoms with van der Waals surface area (Å²) in [7, 11) is 1.94. The molecule has 0 aliphatic carbocycles. The maximum atomic E-state index is 5.80. The average Bonchev–Trinajstić information content (AvgIpc) is 2.83. The lowest BCUT2D eigenvalue weighted by molar-refractivity contribution is 0.619. The number of rotatable bonds is 3. The van der Waals surface area contributed by atoms with Gasteiger partial charge in [-0.1, -0.05) is 23.8 Å². The van der Waals surface area contributed by atoms with E-state index < -0.39 is 0 Å². The Balaban J connectivity index is 2.03. The van der Waals surface area contributed by atoms with Gasteiger partial charge in [-0.3, -0.25) is 0 Å². The van der Waals surface area contributed by atoms with Crippen LogP contribution in [-0.4, -0.2) is 12.0 Å². The van der Waals surface area contributed by atoms with Crippen LogP contribution in [0, 0.1) is 6.92 Å². The van der Waals surface area contributed by atoms with E-state index in [2.05, 4.69) is 41.5 Å². The first-order chi connectivity index (χ1) is 9.26. The summed E-state index contributed by atoms with van der Waals surface area (Å²) in [4.78, 5) is 4.56. The zero-order valence-electron chi connectivity index (χ0n) is 11.1. The van der Waals surface area contributed by atoms with E-state index >= 15 is 0 Å². The van der Waals surface area contributed by atoms with E-state index in [-0.39, 0.29) is 0 Å². The van der Waals surface area contributed by atoms with Gasteiger partial charge in [0.1, 0.15) is 5.52 Å². The average molecular weight is 252 g/mol. The van der Waals surface area contributed by atoms with E-state index in [9.17, 15) is 0 Å². The van der Waals surface area contributed by atoms with Crippen molar-refractivity contribution in [2.24, 2.45) is 0 Å². The number of benzene rings is 2. The molecule has 0 fully saturated rings. The maximum absolute atomic E-state index is 5.80. The van der Waals surface area contributed by atoms with Gasteiger partial charge in [-0.2, -0.15) is 0 Å². The Hall–Kier alpha value is -2.13. The molecule has 0 spiro atoms. The van der Waals surface area contributed by atoms with Crippen molar-refractivity contribution in [2.45, 2.75) is 13.5 Å². The molecule has 0 saturated heterocycles. The molecule has 3 heteroatoms. The fourth-order valence-electron chi connectivity index (χ4n) is 2.11. The summed E-state index contributed by atoms with van der Waals surface area (Å²) < 4.78 is 5.80. The van der Waals surface area contributed by atoms with Crippen molar-refractivity contribution in [3.63, 3.8) is 0 Å². The Labute approximate surface area is 112 Å². The van der Waals surface area contributed by atoms with Crippen LogP contribution in [0.15, 0.2) is 46.9 Å². The van der Waals surface area contributed by atoms with Gasteiger partial charge in [0.2, 0.25) is 5.89 Å². The highest BCUT2D eigenvalue weighted by molar-refractivity contribution is 5.76. The minimum absolute atomic E-state index is 0.677. The van der Waals surface area contributed by atoms with Gasteiger partial charge in [-0.25, -0.2) is 4.98 Å². The van der Waals surface area contributed by atoms with Crippen molar-refractivity contribution in [2.75, 3.05) is 7.05 Å². The molecule has 0 aliphatic rings. The molecular weight excluding hydrogens is 236 g/mol. The van der Waals surface area contributed by atoms with Crippen molar-refractivity contribution in [3.05, 3.63) is 53.6 Å². The quantitative estimate of drug-likeness (QED) is 0.775. The molecule has 0 saturated carbocycles. The second kappa shape index (κ2) is 4.86. The van der Waals surface area contributed by atoms with E-state index in [1.165, 1.54) is 11.1 Å². The molecule has 2 aromatic carbocycles. The molecule has 1 aromatic heterocycles. The molecule has 96 valence electrons. The van der Waals surface area contributed by atoms with Crippen molar-refractivity contribution in [1.29, 1.82) is 0 Å². The Morgan fingerprint density at radius 2 is 1.89 bits per heavy atom. The van der Waals surface area contributed by atoms with Gasteiger partial charge in [0.15, 0.2) is 5.58 Å². The third-order valence-corrected chi connectivity index (χ3v) is 3.13. The number of hydrogen-bond acceptors (Lipinski definition) is 3. The number of nitrogens with zero attached hydrogens (tertiary/aromatic N) is 1. The van der Waals surface area contributed by atoms with E-state index in [1.807, 2.05) is 25.2 Å². The largest absolute Gasteiger partial charge is 0.436 e. The predicted molar refractivity (Wildman–Crippen MR) is 76.9 cm³/mol. The predicted octanol–water partition coefficient (Wildman–Crippen LogP) is 3.52. The van der Waals surface area contributed by atoms with Gasteiger partial charge < -0.3 is 9.73 Å². The molecule has 0 aliphatic heterocycles. The highest BCUT2D eigenvalue weighted by Crippen LogP contribution is 2.25. The second-order valence-corrected chi connectivity index (χ2v) is 4.72. The van der Waals surface area contributed by atoms with Crippen LogP contribution >= 0.6 is 0 Å². The first kappa shape index (κ1) is 11.9. The molecule has 3 aromatic rings. The maximum Gasteiger partial charge on any atom is 0.227 e. The van der Waals surface area contributed by atoms with E-state index in [1.54, 1.807) is 0 Å². The first-order valence-electron chi connectivity index (χ1n) is 6.37. The lowest BCUT2D eigenvalue weighted by atomic mass is 10.1. The topological polar surface area (TPSA) is 38.1 Å². The third kappa shape index (κ3) is 2.37. The van der Waals surface area contributed by atoms with Crippen LogP contribution in [0.1, 0.15) is 11.1 Å². The van der Waals surface area contributed by atoms with Crippen molar-refractivity contribution in [1.82, 2.24) is 10.3 Å². The van der Waals surface area contributed by atoms with Crippen LogP contribution in [0.3, 0.4) is 0 Å². The lowest BCUT2D eigenvalue weighted by Crippen LogP contribution is -2.04. The van der Waals surface area contributed by atoms with Crippen LogP contribution < -0.4 is 5.32 Å². The van der Waals surface area contributed by atoms with Gasteiger partial charge in [0, 0.05) is 12.1 Å². The summed E-state index contributed by atoms with van der Waals surface area (Å²) in [5, 5.41) is 3.14. The SMILES string of the molecule is CNCc1ccc2oc(-c3ccc(C)cc3)nc2c1. The monoisotopic (exact) mass is 252 g/mol. The standard InChI is InChI=1S/C16H16N2O/c1-11-3-6-13(7-4-11)16-18-14-9-12(10-17-2)5-8-15(14)19-16/h3-9,17H,10H2,1-2H3. The second-order valence-electron chi connectivity index (χ2n) is 4.72. The van der Waals surface area contributed by atoms with Crippen LogP contribution in [0.25, 0.3) is 22.6 Å². The normalized spacial score (nSPS) is 11.1. The molecule has 0 atom stereocenters. The molecule has 3 rings (SSSR count). The summed E-state index contributed by atoms with van der Waals surface area (Å²) in [5.41, 5.74) is 5.19. The minimum atomic E-state index is 0.677. The zero-order valence-corrected chi connectivity index (χ0v) is 11.1. The number of nitrogens with one attached hydrogen (secondary N) is 1. The van der Waals surface area contributed by atoms with E-state index in [0.717, 1.165) is 23.2 Å². The third-order valence-electron chi connectivity index (χ3n) is 3.13. The molecule has 19 heavy (non-hydrogen) atoms. The minimum Gasteiger partial charge on any atom is -0.436 e. The van der Waals surface area contributed by atoms with Gasteiger partial charge in [0.25, 0.3) is 0 Å². The van der Waals surface area contributed by atoms with Crippen LogP contribution in [0.4, 0.5) is 0 Å². The summed E-state index contributed by atoms with van der Waals surface area (Å²) in [6.45, 7) is 2.91. The van der Waals surface area contributed by atoms with Gasteiger partial charge in [-0.15, -0.1) is 0 Å². The van der Waals surface area contributed by atoms with Crippen molar-refractivity contribution >= 4 is 11.1 Å². The summed E-state index contributed by atoms with van der Waals surface area (Å²) in [6, 6.07) is 14.3.